The van der Waals surface area contributed by atoms with Gasteiger partial charge in [-0.25, -0.2) is 8.78 Å². The summed E-state index contributed by atoms with van der Waals surface area (Å²) in [4.78, 5) is 0. The second-order valence-corrected chi connectivity index (χ2v) is 2.95. The highest BCUT2D eigenvalue weighted by Gasteiger charge is 2.20. The summed E-state index contributed by atoms with van der Waals surface area (Å²) in [6, 6.07) is 0. The van der Waals surface area contributed by atoms with Crippen LogP contribution in [0.4, 0.5) is 8.78 Å². The van der Waals surface area contributed by atoms with Crippen molar-refractivity contribution < 1.29 is 8.78 Å². The fourth-order valence-electron chi connectivity index (χ4n) is 0.618. The molecule has 1 unspecified atom stereocenters. The Kier molecular flexibility index (Phi) is 3.79. The summed E-state index contributed by atoms with van der Waals surface area (Å²) in [6.45, 7) is 3.32. The van der Waals surface area contributed by atoms with Gasteiger partial charge in [-0.1, -0.05) is 6.92 Å². The van der Waals surface area contributed by atoms with Crippen LogP contribution in [0.15, 0.2) is 0 Å². The molecule has 0 aliphatic carbocycles. The van der Waals surface area contributed by atoms with Gasteiger partial charge in [-0.2, -0.15) is 0 Å². The predicted octanol–water partition coefficient (Wildman–Crippen LogP) is 2.02. The highest BCUT2D eigenvalue weighted by Crippen LogP contribution is 2.21. The Labute approximate surface area is 60.6 Å². The minimum atomic E-state index is -2.52. The molecular weight excluding hydrogens is 136 g/mol. The highest BCUT2D eigenvalue weighted by atomic mass is 19.3. The molecule has 1 nitrogen and oxygen atoms in total. The number of hydrogen-bond donors (Lipinski definition) is 1. The molecule has 0 spiro atoms. The number of nitrogens with two attached hydrogens (primary N) is 1. The van der Waals surface area contributed by atoms with Crippen LogP contribution in [0, 0.1) is 5.92 Å². The molecule has 0 aromatic heterocycles. The molecule has 0 heterocycles. The molecule has 0 radical (unpaired) electrons. The molecule has 2 N–H and O–H groups in total. The Morgan fingerprint density at radius 1 is 1.50 bits per heavy atom. The Bertz CT molecular complexity index is 88.1. The molecule has 62 valence electrons. The van der Waals surface area contributed by atoms with Crippen molar-refractivity contribution >= 4 is 0 Å². The lowest BCUT2D eigenvalue weighted by atomic mass is 10.0. The molecule has 0 fully saturated rings. The third kappa shape index (κ3) is 5.95. The average molecular weight is 151 g/mol. The van der Waals surface area contributed by atoms with Gasteiger partial charge in [0.15, 0.2) is 0 Å². The van der Waals surface area contributed by atoms with E-state index in [1.165, 1.54) is 0 Å². The zero-order valence-corrected chi connectivity index (χ0v) is 6.53. The lowest BCUT2D eigenvalue weighted by molar-refractivity contribution is 0.00755. The molecular formula is C7H15F2N. The highest BCUT2D eigenvalue weighted by molar-refractivity contribution is 4.61. The number of alkyl halides is 2. The van der Waals surface area contributed by atoms with Crippen LogP contribution >= 0.6 is 0 Å². The van der Waals surface area contributed by atoms with Crippen molar-refractivity contribution in [3.05, 3.63) is 0 Å². The number of hydrogen-bond acceptors (Lipinski definition) is 1. The van der Waals surface area contributed by atoms with Gasteiger partial charge in [0.2, 0.25) is 5.92 Å². The fourth-order valence-corrected chi connectivity index (χ4v) is 0.618. The number of rotatable bonds is 4. The Hall–Kier alpha value is -0.180. The standard InChI is InChI=1S/C7H15F2N/c1-6(5-10)3-4-7(2,8)9/h6H,3-5,10H2,1-2H3. The van der Waals surface area contributed by atoms with Crippen LogP contribution in [-0.4, -0.2) is 12.5 Å². The summed E-state index contributed by atoms with van der Waals surface area (Å²) in [6.07, 6.45) is 0.464. The summed E-state index contributed by atoms with van der Waals surface area (Å²) in [5.41, 5.74) is 5.26. The van der Waals surface area contributed by atoms with Crippen molar-refractivity contribution in [3.8, 4) is 0 Å². The van der Waals surface area contributed by atoms with Gasteiger partial charge in [-0.3, -0.25) is 0 Å². The molecule has 0 aliphatic rings. The van der Waals surface area contributed by atoms with Gasteiger partial charge in [0.1, 0.15) is 0 Å². The monoisotopic (exact) mass is 151 g/mol. The molecule has 0 aliphatic heterocycles. The molecule has 0 bridgehead atoms. The van der Waals surface area contributed by atoms with E-state index in [0.29, 0.717) is 13.0 Å². The molecule has 0 rings (SSSR count). The predicted molar refractivity (Wildman–Crippen MR) is 38.1 cm³/mol. The van der Waals surface area contributed by atoms with Crippen molar-refractivity contribution in [1.82, 2.24) is 0 Å². The van der Waals surface area contributed by atoms with Crippen LogP contribution in [0.3, 0.4) is 0 Å². The maximum absolute atomic E-state index is 12.2. The SMILES string of the molecule is CC(CN)CCC(C)(F)F. The Morgan fingerprint density at radius 2 is 2.00 bits per heavy atom. The van der Waals surface area contributed by atoms with Crippen molar-refractivity contribution in [2.45, 2.75) is 32.6 Å². The normalized spacial score (nSPS) is 15.3. The second kappa shape index (κ2) is 3.86. The molecule has 0 amide bonds. The van der Waals surface area contributed by atoms with Gasteiger partial charge >= 0.3 is 0 Å². The summed E-state index contributed by atoms with van der Waals surface area (Å²) in [7, 11) is 0. The second-order valence-electron chi connectivity index (χ2n) is 2.95. The van der Waals surface area contributed by atoms with E-state index in [9.17, 15) is 8.78 Å². The van der Waals surface area contributed by atoms with Gasteiger partial charge in [0, 0.05) is 6.42 Å². The third-order valence-electron chi connectivity index (χ3n) is 1.48. The van der Waals surface area contributed by atoms with Gasteiger partial charge in [0.25, 0.3) is 0 Å². The topological polar surface area (TPSA) is 26.0 Å². The van der Waals surface area contributed by atoms with Gasteiger partial charge in [0.05, 0.1) is 0 Å². The maximum atomic E-state index is 12.2. The fraction of sp³-hybridized carbons (Fsp3) is 1.00. The molecule has 3 heteroatoms. The van der Waals surface area contributed by atoms with E-state index in [0.717, 1.165) is 6.92 Å². The van der Waals surface area contributed by atoms with Crippen LogP contribution in [0.5, 0.6) is 0 Å². The molecule has 10 heavy (non-hydrogen) atoms. The lowest BCUT2D eigenvalue weighted by Gasteiger charge is -2.12. The summed E-state index contributed by atoms with van der Waals surface area (Å²) < 4.78 is 24.4. The van der Waals surface area contributed by atoms with Crippen molar-refractivity contribution in [1.29, 1.82) is 0 Å². The first kappa shape index (κ1) is 9.82. The molecule has 1 atom stereocenters. The summed E-state index contributed by atoms with van der Waals surface area (Å²) in [5.74, 6) is -2.31. The van der Waals surface area contributed by atoms with Crippen LogP contribution in [0.2, 0.25) is 0 Å². The molecule has 0 aromatic carbocycles. The van der Waals surface area contributed by atoms with E-state index in [2.05, 4.69) is 0 Å². The van der Waals surface area contributed by atoms with E-state index in [1.54, 1.807) is 0 Å². The zero-order valence-electron chi connectivity index (χ0n) is 6.53. The van der Waals surface area contributed by atoms with Gasteiger partial charge in [-0.15, -0.1) is 0 Å². The summed E-state index contributed by atoms with van der Waals surface area (Å²) in [5, 5.41) is 0. The maximum Gasteiger partial charge on any atom is 0.245 e. The van der Waals surface area contributed by atoms with E-state index in [-0.39, 0.29) is 12.3 Å². The number of halogens is 2. The Balaban J connectivity index is 3.36. The van der Waals surface area contributed by atoms with E-state index in [4.69, 9.17) is 5.73 Å². The van der Waals surface area contributed by atoms with Crippen LogP contribution < -0.4 is 5.73 Å². The van der Waals surface area contributed by atoms with Gasteiger partial charge < -0.3 is 5.73 Å². The van der Waals surface area contributed by atoms with E-state index >= 15 is 0 Å². The van der Waals surface area contributed by atoms with E-state index in [1.807, 2.05) is 6.92 Å². The van der Waals surface area contributed by atoms with Crippen LogP contribution in [0.1, 0.15) is 26.7 Å². The van der Waals surface area contributed by atoms with Crippen molar-refractivity contribution in [3.63, 3.8) is 0 Å². The first-order chi connectivity index (χ1) is 4.45. The van der Waals surface area contributed by atoms with Crippen LogP contribution in [0.25, 0.3) is 0 Å². The molecule has 0 aromatic rings. The largest absolute Gasteiger partial charge is 0.330 e. The van der Waals surface area contributed by atoms with Gasteiger partial charge in [-0.05, 0) is 25.8 Å². The summed E-state index contributed by atoms with van der Waals surface area (Å²) >= 11 is 0. The molecule has 0 saturated carbocycles. The zero-order chi connectivity index (χ0) is 8.20. The van der Waals surface area contributed by atoms with Crippen LogP contribution in [-0.2, 0) is 0 Å². The third-order valence-corrected chi connectivity index (χ3v) is 1.48. The minimum absolute atomic E-state index is 0.0502. The minimum Gasteiger partial charge on any atom is -0.330 e. The van der Waals surface area contributed by atoms with Crippen molar-refractivity contribution in [2.24, 2.45) is 11.7 Å². The molecule has 0 saturated heterocycles. The first-order valence-corrected chi connectivity index (χ1v) is 3.53. The van der Waals surface area contributed by atoms with Crippen molar-refractivity contribution in [2.75, 3.05) is 6.54 Å². The smallest absolute Gasteiger partial charge is 0.245 e. The average Bonchev–Trinajstić information content (AvgIpc) is 1.81. The lowest BCUT2D eigenvalue weighted by Crippen LogP contribution is -2.16. The quantitative estimate of drug-likeness (QED) is 0.653. The first-order valence-electron chi connectivity index (χ1n) is 3.53. The van der Waals surface area contributed by atoms with E-state index < -0.39 is 5.92 Å². The Morgan fingerprint density at radius 3 is 2.30 bits per heavy atom.